The second-order valence-corrected chi connectivity index (χ2v) is 7.74. The SMILES string of the molecule is OB(O)c1ccc2c(c1)-c1ccc(Br)cc1C2C1CCCCC1. The summed E-state index contributed by atoms with van der Waals surface area (Å²) in [5.74, 6) is 1.14. The lowest BCUT2D eigenvalue weighted by Gasteiger charge is -2.29. The fourth-order valence-corrected chi connectivity index (χ4v) is 4.80. The molecule has 0 radical (unpaired) electrons. The molecule has 2 aliphatic rings. The Hall–Kier alpha value is -1.10. The highest BCUT2D eigenvalue weighted by Crippen LogP contribution is 2.51. The Balaban J connectivity index is 1.86. The lowest BCUT2D eigenvalue weighted by Crippen LogP contribution is -2.29. The number of halogens is 1. The summed E-state index contributed by atoms with van der Waals surface area (Å²) in [4.78, 5) is 0. The van der Waals surface area contributed by atoms with Crippen molar-refractivity contribution in [3.8, 4) is 11.1 Å². The van der Waals surface area contributed by atoms with Crippen LogP contribution < -0.4 is 5.46 Å². The van der Waals surface area contributed by atoms with E-state index < -0.39 is 7.12 Å². The van der Waals surface area contributed by atoms with E-state index in [1.165, 1.54) is 54.4 Å². The van der Waals surface area contributed by atoms with Crippen LogP contribution in [0, 0.1) is 5.92 Å². The first kappa shape index (κ1) is 15.4. The quantitative estimate of drug-likeness (QED) is 0.789. The predicted octanol–water partition coefficient (Wildman–Crippen LogP) is 3.82. The minimum absolute atomic E-state index is 0.447. The lowest BCUT2D eigenvalue weighted by molar-refractivity contribution is 0.330. The average Bonchev–Trinajstić information content (AvgIpc) is 2.88. The smallest absolute Gasteiger partial charge is 0.423 e. The number of benzene rings is 2. The molecule has 1 atom stereocenters. The Labute approximate surface area is 145 Å². The van der Waals surface area contributed by atoms with Crippen molar-refractivity contribution in [1.29, 1.82) is 0 Å². The highest BCUT2D eigenvalue weighted by molar-refractivity contribution is 9.10. The van der Waals surface area contributed by atoms with Crippen LogP contribution in [0.5, 0.6) is 0 Å². The summed E-state index contributed by atoms with van der Waals surface area (Å²) in [5, 5.41) is 19.0. The van der Waals surface area contributed by atoms with Crippen LogP contribution in [0.3, 0.4) is 0 Å². The van der Waals surface area contributed by atoms with Crippen LogP contribution in [0.2, 0.25) is 0 Å². The monoisotopic (exact) mass is 370 g/mol. The van der Waals surface area contributed by atoms with Gasteiger partial charge in [-0.3, -0.25) is 0 Å². The van der Waals surface area contributed by atoms with Gasteiger partial charge < -0.3 is 10.0 Å². The predicted molar refractivity (Wildman–Crippen MR) is 97.8 cm³/mol. The van der Waals surface area contributed by atoms with E-state index in [1.54, 1.807) is 0 Å². The summed E-state index contributed by atoms with van der Waals surface area (Å²) in [6.07, 6.45) is 6.60. The minimum Gasteiger partial charge on any atom is -0.423 e. The van der Waals surface area contributed by atoms with Gasteiger partial charge in [0.15, 0.2) is 0 Å². The van der Waals surface area contributed by atoms with Gasteiger partial charge in [0.05, 0.1) is 0 Å². The average molecular weight is 371 g/mol. The van der Waals surface area contributed by atoms with Crippen molar-refractivity contribution >= 4 is 28.5 Å². The molecule has 23 heavy (non-hydrogen) atoms. The van der Waals surface area contributed by atoms with Crippen LogP contribution in [0.15, 0.2) is 40.9 Å². The summed E-state index contributed by atoms with van der Waals surface area (Å²) in [7, 11) is -1.41. The van der Waals surface area contributed by atoms with Crippen LogP contribution in [0.4, 0.5) is 0 Å². The Kier molecular flexibility index (Phi) is 4.08. The molecule has 0 saturated heterocycles. The maximum atomic E-state index is 9.51. The molecule has 2 aliphatic carbocycles. The molecule has 2 aromatic rings. The van der Waals surface area contributed by atoms with Gasteiger partial charge >= 0.3 is 7.12 Å². The molecule has 118 valence electrons. The number of rotatable bonds is 2. The molecular formula is C19H20BBrO2. The second kappa shape index (κ2) is 6.08. The summed E-state index contributed by atoms with van der Waals surface area (Å²) in [5.41, 5.74) is 5.75. The Bertz CT molecular complexity index is 738. The minimum atomic E-state index is -1.41. The number of hydrogen-bond acceptors (Lipinski definition) is 2. The third kappa shape index (κ3) is 2.67. The fraction of sp³-hybridized carbons (Fsp3) is 0.368. The Morgan fingerprint density at radius 2 is 1.65 bits per heavy atom. The molecule has 0 amide bonds. The molecular weight excluding hydrogens is 351 g/mol. The second-order valence-electron chi connectivity index (χ2n) is 6.83. The van der Waals surface area contributed by atoms with Crippen molar-refractivity contribution in [3.05, 3.63) is 52.0 Å². The maximum absolute atomic E-state index is 9.51. The highest BCUT2D eigenvalue weighted by atomic mass is 79.9. The molecule has 1 saturated carbocycles. The molecule has 1 unspecified atom stereocenters. The summed E-state index contributed by atoms with van der Waals surface area (Å²) in [6, 6.07) is 12.4. The van der Waals surface area contributed by atoms with E-state index in [1.807, 2.05) is 12.1 Å². The Morgan fingerprint density at radius 3 is 2.39 bits per heavy atom. The van der Waals surface area contributed by atoms with Crippen molar-refractivity contribution in [2.45, 2.75) is 38.0 Å². The van der Waals surface area contributed by atoms with Gasteiger partial charge in [0, 0.05) is 10.4 Å². The summed E-state index contributed by atoms with van der Waals surface area (Å²) < 4.78 is 1.12. The molecule has 0 aromatic heterocycles. The maximum Gasteiger partial charge on any atom is 0.488 e. The topological polar surface area (TPSA) is 40.5 Å². The van der Waals surface area contributed by atoms with Crippen LogP contribution in [-0.4, -0.2) is 17.2 Å². The number of hydrogen-bond donors (Lipinski definition) is 2. The molecule has 0 aliphatic heterocycles. The lowest BCUT2D eigenvalue weighted by atomic mass is 9.74. The molecule has 0 spiro atoms. The Morgan fingerprint density at radius 1 is 0.870 bits per heavy atom. The van der Waals surface area contributed by atoms with Gasteiger partial charge in [0.2, 0.25) is 0 Å². The standard InChI is InChI=1S/C19H20BBrO2/c21-14-7-9-15-17-10-13(20(22)23)6-8-16(17)19(18(15)11-14)12-4-2-1-3-5-12/h6-12,19,22-23H,1-5H2. The largest absolute Gasteiger partial charge is 0.488 e. The molecule has 4 heteroatoms. The van der Waals surface area contributed by atoms with E-state index in [2.05, 4.69) is 40.2 Å². The third-order valence-electron chi connectivity index (χ3n) is 5.47. The van der Waals surface area contributed by atoms with Crippen LogP contribution in [-0.2, 0) is 0 Å². The molecule has 4 rings (SSSR count). The normalized spacial score (nSPS) is 20.2. The first-order valence-corrected chi connectivity index (χ1v) is 9.24. The van der Waals surface area contributed by atoms with Crippen molar-refractivity contribution < 1.29 is 10.0 Å². The van der Waals surface area contributed by atoms with Gasteiger partial charge in [-0.2, -0.15) is 0 Å². The molecule has 0 bridgehead atoms. The molecule has 1 fully saturated rings. The van der Waals surface area contributed by atoms with Gasteiger partial charge in [0.1, 0.15) is 0 Å². The zero-order chi connectivity index (χ0) is 16.0. The van der Waals surface area contributed by atoms with Crippen molar-refractivity contribution in [1.82, 2.24) is 0 Å². The van der Waals surface area contributed by atoms with E-state index in [-0.39, 0.29) is 0 Å². The van der Waals surface area contributed by atoms with Crippen molar-refractivity contribution in [2.75, 3.05) is 0 Å². The molecule has 2 N–H and O–H groups in total. The van der Waals surface area contributed by atoms with E-state index in [9.17, 15) is 10.0 Å². The van der Waals surface area contributed by atoms with Crippen LogP contribution in [0.25, 0.3) is 11.1 Å². The molecule has 0 heterocycles. The fourth-order valence-electron chi connectivity index (χ4n) is 4.42. The van der Waals surface area contributed by atoms with Crippen LogP contribution in [0.1, 0.15) is 49.1 Å². The summed E-state index contributed by atoms with van der Waals surface area (Å²) in [6.45, 7) is 0. The molecule has 2 aromatic carbocycles. The van der Waals surface area contributed by atoms with Gasteiger partial charge in [-0.15, -0.1) is 0 Å². The zero-order valence-corrected chi connectivity index (χ0v) is 14.6. The third-order valence-corrected chi connectivity index (χ3v) is 5.96. The van der Waals surface area contributed by atoms with Crippen LogP contribution >= 0.6 is 15.9 Å². The zero-order valence-electron chi connectivity index (χ0n) is 13.0. The highest BCUT2D eigenvalue weighted by Gasteiger charge is 2.35. The summed E-state index contributed by atoms with van der Waals surface area (Å²) >= 11 is 3.62. The van der Waals surface area contributed by atoms with Crippen molar-refractivity contribution in [3.63, 3.8) is 0 Å². The van der Waals surface area contributed by atoms with Gasteiger partial charge in [-0.25, -0.2) is 0 Å². The first-order valence-electron chi connectivity index (χ1n) is 8.45. The molecule has 2 nitrogen and oxygen atoms in total. The van der Waals surface area contributed by atoms with E-state index in [0.29, 0.717) is 17.3 Å². The first-order chi connectivity index (χ1) is 11.1. The van der Waals surface area contributed by atoms with Crippen molar-refractivity contribution in [2.24, 2.45) is 5.92 Å². The van der Waals surface area contributed by atoms with E-state index in [0.717, 1.165) is 4.47 Å². The van der Waals surface area contributed by atoms with E-state index in [4.69, 9.17) is 0 Å². The van der Waals surface area contributed by atoms with Gasteiger partial charge in [0.25, 0.3) is 0 Å². The number of fused-ring (bicyclic) bond motifs is 3. The van der Waals surface area contributed by atoms with E-state index >= 15 is 0 Å². The van der Waals surface area contributed by atoms with Gasteiger partial charge in [-0.1, -0.05) is 59.5 Å². The van der Waals surface area contributed by atoms with Gasteiger partial charge in [-0.05, 0) is 58.6 Å².